The average Bonchev–Trinajstić information content (AvgIpc) is 2.20. The van der Waals surface area contributed by atoms with Crippen LogP contribution in [-0.2, 0) is 63.4 Å². The van der Waals surface area contributed by atoms with Gasteiger partial charge in [-0.2, -0.15) is 4.68 Å². The van der Waals surface area contributed by atoms with E-state index >= 15 is 0 Å². The van der Waals surface area contributed by atoms with Crippen LogP contribution in [0.3, 0.4) is 0 Å². The number of hydrazine groups is 1. The Balaban J connectivity index is 1.07. The van der Waals surface area contributed by atoms with Crippen LogP contribution in [0.4, 0.5) is 5.69 Å². The number of halogens is 2. The molecular formula is C58H90I2N9O18+. The first-order valence-corrected chi connectivity index (χ1v) is 31.3. The third-order valence-electron chi connectivity index (χ3n) is 12.9. The Morgan fingerprint density at radius 1 is 0.540 bits per heavy atom. The van der Waals surface area contributed by atoms with Gasteiger partial charge in [-0.15, -0.1) is 5.10 Å². The minimum absolute atomic E-state index is 0.103. The molecule has 0 aliphatic carbocycles. The third-order valence-corrected chi connectivity index (χ3v) is 15.2. The van der Waals surface area contributed by atoms with Crippen molar-refractivity contribution in [1.82, 2.24) is 24.8 Å². The molecule has 87 heavy (non-hydrogen) atoms. The van der Waals surface area contributed by atoms with Crippen molar-refractivity contribution in [1.29, 1.82) is 0 Å². The molecule has 3 aromatic heterocycles. The molecule has 6 N–H and O–H groups in total. The molecule has 0 saturated carbocycles. The highest BCUT2D eigenvalue weighted by atomic mass is 127. The van der Waals surface area contributed by atoms with Gasteiger partial charge in [0.1, 0.15) is 48.8 Å². The lowest BCUT2D eigenvalue weighted by atomic mass is 10.2. The minimum atomic E-state index is -0.645. The molecule has 0 atom stereocenters. The zero-order chi connectivity index (χ0) is 62.1. The summed E-state index contributed by atoms with van der Waals surface area (Å²) in [5.41, 5.74) is 7.37. The topological polar surface area (TPSA) is 299 Å². The summed E-state index contributed by atoms with van der Waals surface area (Å²) in [6.45, 7) is 16.4. The van der Waals surface area contributed by atoms with Gasteiger partial charge in [0.15, 0.2) is 11.4 Å². The summed E-state index contributed by atoms with van der Waals surface area (Å²) in [4.78, 5) is 31.3. The van der Waals surface area contributed by atoms with Gasteiger partial charge in [-0.3, -0.25) is 14.8 Å². The van der Waals surface area contributed by atoms with E-state index in [4.69, 9.17) is 86.7 Å². The Morgan fingerprint density at radius 3 is 1.38 bits per heavy atom. The van der Waals surface area contributed by atoms with Crippen molar-refractivity contribution in [3.63, 3.8) is 0 Å². The second-order valence-electron chi connectivity index (χ2n) is 19.3. The SMILES string of the molecule is COCCOCCOCCN(CCCOc1ccc2cc(N(N)/C(I)=C(\N)C[NH2+]Cc3nnn(-c4cc5ccc(OCCCN(CCOCCOCCOC)CCOCCOCCOC)cc5oc4=O)c3I)c(=O)oc2c1)CCOCCOCCOC. The average molecular weight is 1460 g/mol. The van der Waals surface area contributed by atoms with Gasteiger partial charge in [0.25, 0.3) is 0 Å². The standard InChI is InChI=1S/C58H89I2N9O18/c1-72-23-27-80-35-31-76-19-13-66(14-20-77-32-36-81-28-24-73-2)11-5-17-84-47-9-7-45-39-51(57(70)86-53(45)41-47)68(62)55(59)49(61)43-63-44-50-56(60)69(65-64-50)52-40-46-8-10-48(42-54(46)87-58(52)71)85-18-6-12-67(15-21-78-33-37-82-29-25-74-3)16-22-79-34-38-83-30-26-75-4/h7-10,39-42,63H,5-6,11-38,43-44,61-62H2,1-4H3/p+1/b55-49-. The van der Waals surface area contributed by atoms with E-state index in [0.717, 1.165) is 39.0 Å². The van der Waals surface area contributed by atoms with Gasteiger partial charge in [0.2, 0.25) is 0 Å². The van der Waals surface area contributed by atoms with Gasteiger partial charge in [0, 0.05) is 90.6 Å². The molecule has 0 fully saturated rings. The van der Waals surface area contributed by atoms with E-state index in [1.807, 2.05) is 52.2 Å². The number of ether oxygens (including phenoxy) is 14. The van der Waals surface area contributed by atoms with E-state index in [-0.39, 0.29) is 11.4 Å². The third kappa shape index (κ3) is 28.6. The van der Waals surface area contributed by atoms with Crippen LogP contribution in [0, 0.1) is 3.70 Å². The Labute approximate surface area is 535 Å². The highest BCUT2D eigenvalue weighted by Crippen LogP contribution is 2.26. The first-order chi connectivity index (χ1) is 42.6. The number of anilines is 1. The highest BCUT2D eigenvalue weighted by Gasteiger charge is 2.20. The molecule has 0 saturated heterocycles. The number of fused-ring (bicyclic) bond motifs is 2. The van der Waals surface area contributed by atoms with Gasteiger partial charge >= 0.3 is 11.3 Å². The monoisotopic (exact) mass is 1450 g/mol. The van der Waals surface area contributed by atoms with E-state index < -0.39 is 11.3 Å². The molecule has 3 heterocycles. The summed E-state index contributed by atoms with van der Waals surface area (Å²) >= 11 is 4.11. The Morgan fingerprint density at radius 2 is 0.943 bits per heavy atom. The largest absolute Gasteiger partial charge is 0.493 e. The van der Waals surface area contributed by atoms with Gasteiger partial charge in [-0.1, -0.05) is 5.21 Å². The van der Waals surface area contributed by atoms with Crippen molar-refractivity contribution in [3.8, 4) is 17.2 Å². The molecule has 27 nitrogen and oxygen atoms in total. The molecule has 0 amide bonds. The maximum Gasteiger partial charge on any atom is 0.362 e. The molecule has 2 aromatic carbocycles. The van der Waals surface area contributed by atoms with Crippen LogP contribution < -0.4 is 42.6 Å². The molecule has 0 unspecified atom stereocenters. The molecule has 488 valence electrons. The summed E-state index contributed by atoms with van der Waals surface area (Å²) in [7, 11) is 6.56. The fourth-order valence-electron chi connectivity index (χ4n) is 8.20. The lowest BCUT2D eigenvalue weighted by Gasteiger charge is -2.22. The molecule has 0 aliphatic rings. The summed E-state index contributed by atoms with van der Waals surface area (Å²) in [6.07, 6.45) is 1.47. The van der Waals surface area contributed by atoms with E-state index in [9.17, 15) is 9.59 Å². The normalized spacial score (nSPS) is 12.1. The van der Waals surface area contributed by atoms with Crippen LogP contribution in [0.5, 0.6) is 11.5 Å². The van der Waals surface area contributed by atoms with E-state index in [1.165, 1.54) is 9.69 Å². The Kier molecular flexibility index (Phi) is 38.1. The Hall–Kier alpha value is -4.24. The number of nitrogens with two attached hydrogens (primary N) is 3. The van der Waals surface area contributed by atoms with Crippen molar-refractivity contribution in [2.75, 3.05) is 225 Å². The number of rotatable bonds is 53. The second-order valence-corrected chi connectivity index (χ2v) is 21.4. The summed E-state index contributed by atoms with van der Waals surface area (Å²) in [5.74, 6) is 7.63. The predicted molar refractivity (Wildman–Crippen MR) is 342 cm³/mol. The predicted octanol–water partition coefficient (Wildman–Crippen LogP) is 2.95. The lowest BCUT2D eigenvalue weighted by molar-refractivity contribution is -0.664. The van der Waals surface area contributed by atoms with E-state index in [2.05, 4.69) is 42.7 Å². The molecular weight excluding hydrogens is 1360 g/mol. The van der Waals surface area contributed by atoms with Crippen LogP contribution in [0.1, 0.15) is 18.5 Å². The first kappa shape index (κ1) is 73.5. The van der Waals surface area contributed by atoms with Crippen LogP contribution >= 0.6 is 45.2 Å². The molecule has 5 aromatic rings. The number of quaternary nitrogens is 1. The van der Waals surface area contributed by atoms with Crippen molar-refractivity contribution in [2.45, 2.75) is 19.4 Å². The molecule has 0 bridgehead atoms. The van der Waals surface area contributed by atoms with Crippen LogP contribution in [0.15, 0.2) is 76.4 Å². The number of hydrogen-bond acceptors (Lipinski definition) is 25. The highest BCUT2D eigenvalue weighted by molar-refractivity contribution is 14.1. The first-order valence-electron chi connectivity index (χ1n) is 29.1. The van der Waals surface area contributed by atoms with Crippen molar-refractivity contribution in [2.24, 2.45) is 11.6 Å². The molecule has 29 heteroatoms. The number of methoxy groups -OCH3 is 4. The van der Waals surface area contributed by atoms with Crippen LogP contribution in [0.2, 0.25) is 0 Å². The minimum Gasteiger partial charge on any atom is -0.493 e. The number of hydrogen-bond donors (Lipinski definition) is 3. The fraction of sp³-hybridized carbons (Fsp3) is 0.621. The number of nitrogens with zero attached hydrogens (tertiary/aromatic N) is 6. The summed E-state index contributed by atoms with van der Waals surface area (Å²) in [6, 6.07) is 14.1. The molecule has 0 spiro atoms. The fourth-order valence-corrected chi connectivity index (χ4v) is 9.37. The number of aromatic nitrogens is 3. The maximum atomic E-state index is 13.4. The molecule has 0 radical (unpaired) electrons. The lowest BCUT2D eigenvalue weighted by Crippen LogP contribution is -2.83. The maximum absolute atomic E-state index is 13.4. The van der Waals surface area contributed by atoms with Gasteiger partial charge < -0.3 is 86.2 Å². The van der Waals surface area contributed by atoms with Gasteiger partial charge in [-0.05, 0) is 94.4 Å². The van der Waals surface area contributed by atoms with Gasteiger partial charge in [-0.25, -0.2) is 15.4 Å². The zero-order valence-electron chi connectivity index (χ0n) is 50.8. The summed E-state index contributed by atoms with van der Waals surface area (Å²) < 4.78 is 91.5. The van der Waals surface area contributed by atoms with Gasteiger partial charge in [0.05, 0.1) is 151 Å². The van der Waals surface area contributed by atoms with Crippen molar-refractivity contribution in [3.05, 3.63) is 88.2 Å². The molecule has 5 rings (SSSR count). The van der Waals surface area contributed by atoms with Crippen LogP contribution in [0.25, 0.3) is 27.6 Å². The number of benzene rings is 2. The Bertz CT molecular complexity index is 2770. The second kappa shape index (κ2) is 45.1. The molecule has 0 aliphatic heterocycles. The smallest absolute Gasteiger partial charge is 0.362 e. The van der Waals surface area contributed by atoms with E-state index in [0.29, 0.717) is 224 Å². The quantitative estimate of drug-likeness (QED) is 0.0126. The van der Waals surface area contributed by atoms with E-state index in [1.54, 1.807) is 52.7 Å². The zero-order valence-corrected chi connectivity index (χ0v) is 55.1. The van der Waals surface area contributed by atoms with Crippen LogP contribution in [-0.4, -0.2) is 244 Å². The van der Waals surface area contributed by atoms with Crippen molar-refractivity contribution < 1.29 is 80.5 Å². The van der Waals surface area contributed by atoms with Crippen molar-refractivity contribution >= 4 is 72.8 Å². The summed E-state index contributed by atoms with van der Waals surface area (Å²) in [5, 5.41) is 13.1.